The van der Waals surface area contributed by atoms with Crippen molar-refractivity contribution >= 4 is 21.8 Å². The maximum absolute atomic E-state index is 9.87. The van der Waals surface area contributed by atoms with Crippen LogP contribution in [-0.4, -0.2) is 14.5 Å². The van der Waals surface area contributed by atoms with E-state index in [4.69, 9.17) is 9.97 Å². The van der Waals surface area contributed by atoms with Crippen LogP contribution in [0.3, 0.4) is 0 Å². The molecule has 0 saturated carbocycles. The van der Waals surface area contributed by atoms with E-state index in [0.29, 0.717) is 11.4 Å². The summed E-state index contributed by atoms with van der Waals surface area (Å²) in [6.45, 7) is 4.71. The third kappa shape index (κ3) is 4.98. The van der Waals surface area contributed by atoms with Gasteiger partial charge in [0.1, 0.15) is 0 Å². The molecule has 10 rings (SSSR count). The van der Waals surface area contributed by atoms with Gasteiger partial charge in [-0.1, -0.05) is 135 Å². The fourth-order valence-electron chi connectivity index (χ4n) is 8.50. The molecule has 0 spiro atoms. The molecule has 0 N–H and O–H groups in total. The molecule has 54 heavy (non-hydrogen) atoms. The van der Waals surface area contributed by atoms with Crippen LogP contribution >= 0.6 is 0 Å². The molecule has 2 heterocycles. The molecule has 1 aliphatic carbocycles. The molecule has 0 saturated heterocycles. The summed E-state index contributed by atoms with van der Waals surface area (Å²) in [6, 6.07) is 61.6. The van der Waals surface area contributed by atoms with Gasteiger partial charge in [-0.3, -0.25) is 0 Å². The van der Waals surface area contributed by atoms with Gasteiger partial charge >= 0.3 is 0 Å². The van der Waals surface area contributed by atoms with Crippen LogP contribution in [0.5, 0.6) is 0 Å². The van der Waals surface area contributed by atoms with Crippen LogP contribution in [0.1, 0.15) is 30.5 Å². The quantitative estimate of drug-likeness (QED) is 0.181. The van der Waals surface area contributed by atoms with Crippen molar-refractivity contribution in [2.45, 2.75) is 19.3 Å². The molecule has 9 aromatic rings. The molecule has 7 aromatic carbocycles. The smallest absolute Gasteiger partial charge is 0.160 e. The van der Waals surface area contributed by atoms with E-state index in [2.05, 4.69) is 140 Å². The first-order valence-electron chi connectivity index (χ1n) is 18.3. The lowest BCUT2D eigenvalue weighted by molar-refractivity contribution is 0.666. The van der Waals surface area contributed by atoms with Crippen LogP contribution in [0.2, 0.25) is 0 Å². The third-order valence-corrected chi connectivity index (χ3v) is 11.0. The highest BCUT2D eigenvalue weighted by Gasteiger charge is 2.38. The van der Waals surface area contributed by atoms with Gasteiger partial charge in [0, 0.05) is 38.6 Å². The van der Waals surface area contributed by atoms with E-state index in [1.807, 2.05) is 54.6 Å². The van der Waals surface area contributed by atoms with E-state index in [-0.39, 0.29) is 5.41 Å². The summed E-state index contributed by atoms with van der Waals surface area (Å²) in [5, 5.41) is 12.4. The van der Waals surface area contributed by atoms with Crippen LogP contribution in [0.4, 0.5) is 0 Å². The molecule has 4 nitrogen and oxygen atoms in total. The standard InChI is InChI=1S/C50H34N4/c1-50(2)42-22-11-9-20-39(42)40-24-25-46-47(48(40)50)41-21-10-12-23-45(41)54(46)38-28-36(35-19-13-14-32(26-35)31-51)27-37(29-38)49-52-43(33-15-5-3-6-16-33)30-44(53-49)34-17-7-4-8-18-34/h3-30H,1-2H3. The molecule has 254 valence electrons. The lowest BCUT2D eigenvalue weighted by Gasteiger charge is -2.22. The van der Waals surface area contributed by atoms with Gasteiger partial charge < -0.3 is 4.57 Å². The topological polar surface area (TPSA) is 54.5 Å². The van der Waals surface area contributed by atoms with Crippen LogP contribution < -0.4 is 0 Å². The summed E-state index contributed by atoms with van der Waals surface area (Å²) in [5.41, 5.74) is 15.6. The second kappa shape index (κ2) is 12.3. The minimum atomic E-state index is -0.176. The molecule has 0 unspecified atom stereocenters. The van der Waals surface area contributed by atoms with Crippen molar-refractivity contribution in [2.24, 2.45) is 0 Å². The number of nitrogens with zero attached hydrogens (tertiary/aromatic N) is 4. The summed E-state index contributed by atoms with van der Waals surface area (Å²) < 4.78 is 2.39. The number of aromatic nitrogens is 3. The number of rotatable bonds is 5. The largest absolute Gasteiger partial charge is 0.309 e. The Morgan fingerprint density at radius 3 is 1.91 bits per heavy atom. The first kappa shape index (κ1) is 31.6. The summed E-state index contributed by atoms with van der Waals surface area (Å²) >= 11 is 0. The minimum Gasteiger partial charge on any atom is -0.309 e. The number of fused-ring (bicyclic) bond motifs is 7. The predicted octanol–water partition coefficient (Wildman–Crippen LogP) is 12.4. The van der Waals surface area contributed by atoms with E-state index in [1.165, 1.54) is 33.0 Å². The van der Waals surface area contributed by atoms with Gasteiger partial charge in [-0.05, 0) is 81.9 Å². The lowest BCUT2D eigenvalue weighted by Crippen LogP contribution is -2.15. The first-order valence-corrected chi connectivity index (χ1v) is 18.3. The summed E-state index contributed by atoms with van der Waals surface area (Å²) in [5.74, 6) is 0.632. The van der Waals surface area contributed by atoms with Crippen LogP contribution in [0.25, 0.3) is 83.6 Å². The van der Waals surface area contributed by atoms with Crippen LogP contribution in [0.15, 0.2) is 170 Å². The summed E-state index contributed by atoms with van der Waals surface area (Å²) in [7, 11) is 0. The number of hydrogen-bond acceptors (Lipinski definition) is 3. The van der Waals surface area contributed by atoms with Crippen LogP contribution in [0, 0.1) is 11.3 Å². The maximum atomic E-state index is 9.87. The van der Waals surface area contributed by atoms with Crippen LogP contribution in [-0.2, 0) is 5.41 Å². The summed E-state index contributed by atoms with van der Waals surface area (Å²) in [4.78, 5) is 10.5. The van der Waals surface area contributed by atoms with E-state index in [1.54, 1.807) is 0 Å². The molecule has 1 aliphatic rings. The number of para-hydroxylation sites is 1. The molecule has 0 aliphatic heterocycles. The van der Waals surface area contributed by atoms with E-state index in [0.717, 1.165) is 55.9 Å². The van der Waals surface area contributed by atoms with Gasteiger partial charge in [0.25, 0.3) is 0 Å². The maximum Gasteiger partial charge on any atom is 0.160 e. The monoisotopic (exact) mass is 690 g/mol. The average Bonchev–Trinajstić information content (AvgIpc) is 3.69. The Labute approximate surface area is 314 Å². The molecule has 0 radical (unpaired) electrons. The molecular weight excluding hydrogens is 657 g/mol. The van der Waals surface area contributed by atoms with E-state index >= 15 is 0 Å². The van der Waals surface area contributed by atoms with Crippen molar-refractivity contribution < 1.29 is 0 Å². The lowest BCUT2D eigenvalue weighted by atomic mass is 9.80. The number of nitriles is 1. The minimum absolute atomic E-state index is 0.176. The van der Waals surface area contributed by atoms with Crippen molar-refractivity contribution in [1.29, 1.82) is 5.26 Å². The van der Waals surface area contributed by atoms with Gasteiger partial charge in [-0.25, -0.2) is 9.97 Å². The zero-order valence-corrected chi connectivity index (χ0v) is 30.0. The highest BCUT2D eigenvalue weighted by atomic mass is 15.0. The second-order valence-corrected chi connectivity index (χ2v) is 14.6. The van der Waals surface area contributed by atoms with Gasteiger partial charge in [-0.2, -0.15) is 5.26 Å². The normalized spacial score (nSPS) is 12.8. The Morgan fingerprint density at radius 1 is 0.519 bits per heavy atom. The van der Waals surface area contributed by atoms with Gasteiger partial charge in [-0.15, -0.1) is 0 Å². The zero-order valence-electron chi connectivity index (χ0n) is 30.0. The first-order chi connectivity index (χ1) is 26.5. The predicted molar refractivity (Wildman–Crippen MR) is 220 cm³/mol. The molecular formula is C50H34N4. The van der Waals surface area contributed by atoms with Crippen molar-refractivity contribution in [3.05, 3.63) is 187 Å². The Hall–Kier alpha value is -7.09. The third-order valence-electron chi connectivity index (χ3n) is 11.0. The average molecular weight is 691 g/mol. The highest BCUT2D eigenvalue weighted by molar-refractivity contribution is 6.14. The van der Waals surface area contributed by atoms with Crippen molar-refractivity contribution in [2.75, 3.05) is 0 Å². The Balaban J connectivity index is 1.27. The van der Waals surface area contributed by atoms with Crippen molar-refractivity contribution in [3.8, 4) is 67.9 Å². The SMILES string of the molecule is CC1(C)c2ccccc2-c2ccc3c(c21)c1ccccc1n3-c1cc(-c2cccc(C#N)c2)cc(-c2nc(-c3ccccc3)cc(-c3ccccc3)n2)c1. The highest BCUT2D eigenvalue weighted by Crippen LogP contribution is 2.53. The molecule has 0 bridgehead atoms. The van der Waals surface area contributed by atoms with Gasteiger partial charge in [0.15, 0.2) is 5.82 Å². The van der Waals surface area contributed by atoms with E-state index < -0.39 is 0 Å². The van der Waals surface area contributed by atoms with E-state index in [9.17, 15) is 5.26 Å². The Kier molecular flexibility index (Phi) is 7.18. The molecule has 2 aromatic heterocycles. The fourth-order valence-corrected chi connectivity index (χ4v) is 8.50. The number of hydrogen-bond donors (Lipinski definition) is 0. The number of benzene rings is 7. The Morgan fingerprint density at radius 2 is 1.17 bits per heavy atom. The van der Waals surface area contributed by atoms with Crippen molar-refractivity contribution in [3.63, 3.8) is 0 Å². The zero-order chi connectivity index (χ0) is 36.4. The van der Waals surface area contributed by atoms with Crippen molar-refractivity contribution in [1.82, 2.24) is 14.5 Å². The summed E-state index contributed by atoms with van der Waals surface area (Å²) in [6.07, 6.45) is 0. The Bertz CT molecular complexity index is 2910. The van der Waals surface area contributed by atoms with Gasteiger partial charge in [0.2, 0.25) is 0 Å². The second-order valence-electron chi connectivity index (χ2n) is 14.6. The molecule has 4 heteroatoms. The molecule has 0 fully saturated rings. The fraction of sp³-hybridized carbons (Fsp3) is 0.0600. The molecule has 0 atom stereocenters. The van der Waals surface area contributed by atoms with Gasteiger partial charge in [0.05, 0.1) is 34.1 Å². The molecule has 0 amide bonds.